The van der Waals surface area contributed by atoms with Crippen LogP contribution in [-0.4, -0.2) is 48.3 Å². The normalized spacial score (nSPS) is 14.9. The van der Waals surface area contributed by atoms with Crippen molar-refractivity contribution >= 4 is 17.5 Å². The van der Waals surface area contributed by atoms with Crippen LogP contribution in [0.3, 0.4) is 0 Å². The Morgan fingerprint density at radius 3 is 2.21 bits per heavy atom. The number of hydrogen-bond acceptors (Lipinski definition) is 3. The smallest absolute Gasteiger partial charge is 0.244 e. The number of carbonyl (C=O) groups excluding carboxylic acids is 2. The SMILES string of the molecule is Cc1cccc(C)c1NC(=O)CN(C)C(C(=O)N1CCCC1)c1ccccc1. The number of likely N-dealkylation sites (tertiary alicyclic amines) is 1. The first kappa shape index (κ1) is 20.1. The summed E-state index contributed by atoms with van der Waals surface area (Å²) in [5, 5.41) is 3.02. The van der Waals surface area contributed by atoms with Crippen LogP contribution in [0.4, 0.5) is 5.69 Å². The lowest BCUT2D eigenvalue weighted by Gasteiger charge is -2.30. The Morgan fingerprint density at radius 2 is 1.61 bits per heavy atom. The Labute approximate surface area is 167 Å². The van der Waals surface area contributed by atoms with Crippen LogP contribution in [0.25, 0.3) is 0 Å². The molecule has 28 heavy (non-hydrogen) atoms. The number of hydrogen-bond donors (Lipinski definition) is 1. The zero-order valence-corrected chi connectivity index (χ0v) is 16.9. The Balaban J connectivity index is 1.76. The number of carbonyl (C=O) groups is 2. The summed E-state index contributed by atoms with van der Waals surface area (Å²) >= 11 is 0. The molecule has 1 aliphatic heterocycles. The van der Waals surface area contributed by atoms with Gasteiger partial charge in [0.05, 0.1) is 6.54 Å². The summed E-state index contributed by atoms with van der Waals surface area (Å²) in [4.78, 5) is 29.7. The lowest BCUT2D eigenvalue weighted by atomic mass is 10.0. The average Bonchev–Trinajstić information content (AvgIpc) is 3.20. The van der Waals surface area contributed by atoms with Crippen molar-refractivity contribution in [1.29, 1.82) is 0 Å². The van der Waals surface area contributed by atoms with Gasteiger partial charge in [-0.2, -0.15) is 0 Å². The fraction of sp³-hybridized carbons (Fsp3) is 0.391. The predicted molar refractivity (Wildman–Crippen MR) is 112 cm³/mol. The van der Waals surface area contributed by atoms with Gasteiger partial charge in [0.15, 0.2) is 0 Å². The fourth-order valence-corrected chi connectivity index (χ4v) is 3.84. The van der Waals surface area contributed by atoms with E-state index in [-0.39, 0.29) is 18.4 Å². The molecule has 0 saturated carbocycles. The minimum absolute atomic E-state index is 0.0751. The van der Waals surface area contributed by atoms with Crippen molar-refractivity contribution in [3.63, 3.8) is 0 Å². The molecular weight excluding hydrogens is 350 g/mol. The van der Waals surface area contributed by atoms with E-state index in [9.17, 15) is 9.59 Å². The highest BCUT2D eigenvalue weighted by Crippen LogP contribution is 2.25. The predicted octanol–water partition coefficient (Wildman–Crippen LogP) is 3.54. The van der Waals surface area contributed by atoms with Crippen LogP contribution in [0, 0.1) is 13.8 Å². The number of nitrogens with zero attached hydrogens (tertiary/aromatic N) is 2. The van der Waals surface area contributed by atoms with E-state index in [0.29, 0.717) is 0 Å². The Kier molecular flexibility index (Phi) is 6.47. The number of amides is 2. The van der Waals surface area contributed by atoms with Crippen LogP contribution in [0.2, 0.25) is 0 Å². The van der Waals surface area contributed by atoms with Gasteiger partial charge in [0.2, 0.25) is 11.8 Å². The number of aryl methyl sites for hydroxylation is 2. The van der Waals surface area contributed by atoms with Crippen molar-refractivity contribution in [3.8, 4) is 0 Å². The van der Waals surface area contributed by atoms with E-state index in [1.807, 2.05) is 79.2 Å². The zero-order valence-electron chi connectivity index (χ0n) is 16.9. The molecule has 2 amide bonds. The van der Waals surface area contributed by atoms with Crippen LogP contribution >= 0.6 is 0 Å². The summed E-state index contributed by atoms with van der Waals surface area (Å²) < 4.78 is 0. The number of rotatable bonds is 6. The maximum Gasteiger partial charge on any atom is 0.244 e. The standard InChI is InChI=1S/C23H29N3O2/c1-17-10-9-11-18(2)21(17)24-20(27)16-25(3)22(19-12-5-4-6-13-19)23(28)26-14-7-8-15-26/h4-6,9-13,22H,7-8,14-16H2,1-3H3,(H,24,27). The molecule has 1 atom stereocenters. The second kappa shape index (κ2) is 9.02. The Bertz CT molecular complexity index is 809. The van der Waals surface area contributed by atoms with Crippen LogP contribution in [0.5, 0.6) is 0 Å². The molecule has 0 radical (unpaired) electrons. The minimum Gasteiger partial charge on any atom is -0.341 e. The molecule has 0 spiro atoms. The van der Waals surface area contributed by atoms with Gasteiger partial charge in [-0.05, 0) is 50.4 Å². The van der Waals surface area contributed by atoms with Gasteiger partial charge in [-0.1, -0.05) is 48.5 Å². The Morgan fingerprint density at radius 1 is 1.00 bits per heavy atom. The van der Waals surface area contributed by atoms with Crippen LogP contribution in [-0.2, 0) is 9.59 Å². The van der Waals surface area contributed by atoms with Gasteiger partial charge < -0.3 is 10.2 Å². The minimum atomic E-state index is -0.456. The molecular formula is C23H29N3O2. The van der Waals surface area contributed by atoms with Gasteiger partial charge in [0, 0.05) is 18.8 Å². The molecule has 148 valence electrons. The van der Waals surface area contributed by atoms with Crippen molar-refractivity contribution < 1.29 is 9.59 Å². The van der Waals surface area contributed by atoms with Gasteiger partial charge in [0.1, 0.15) is 6.04 Å². The molecule has 3 rings (SSSR count). The molecule has 0 bridgehead atoms. The summed E-state index contributed by atoms with van der Waals surface area (Å²) in [5.74, 6) is -0.0406. The summed E-state index contributed by atoms with van der Waals surface area (Å²) in [6, 6.07) is 15.2. The van der Waals surface area contributed by atoms with Crippen molar-refractivity contribution in [2.75, 3.05) is 32.0 Å². The molecule has 5 heteroatoms. The fourth-order valence-electron chi connectivity index (χ4n) is 3.84. The number of para-hydroxylation sites is 1. The summed E-state index contributed by atoms with van der Waals surface area (Å²) in [7, 11) is 1.84. The zero-order chi connectivity index (χ0) is 20.1. The molecule has 2 aromatic carbocycles. The van der Waals surface area contributed by atoms with Gasteiger partial charge in [-0.3, -0.25) is 14.5 Å². The first-order valence-electron chi connectivity index (χ1n) is 9.87. The average molecular weight is 380 g/mol. The number of benzene rings is 2. The van der Waals surface area contributed by atoms with Crippen molar-refractivity contribution in [2.45, 2.75) is 32.7 Å². The highest BCUT2D eigenvalue weighted by Gasteiger charge is 2.31. The monoisotopic (exact) mass is 379 g/mol. The summed E-state index contributed by atoms with van der Waals surface area (Å²) in [5.41, 5.74) is 3.83. The lowest BCUT2D eigenvalue weighted by Crippen LogP contribution is -2.43. The lowest BCUT2D eigenvalue weighted by molar-refractivity contribution is -0.136. The van der Waals surface area contributed by atoms with E-state index >= 15 is 0 Å². The molecule has 1 N–H and O–H groups in total. The van der Waals surface area contributed by atoms with E-state index in [4.69, 9.17) is 0 Å². The highest BCUT2D eigenvalue weighted by atomic mass is 16.2. The first-order chi connectivity index (χ1) is 13.5. The first-order valence-corrected chi connectivity index (χ1v) is 9.87. The largest absolute Gasteiger partial charge is 0.341 e. The van der Waals surface area contributed by atoms with Crippen LogP contribution in [0.1, 0.15) is 35.6 Å². The van der Waals surface area contributed by atoms with Crippen LogP contribution < -0.4 is 5.32 Å². The molecule has 2 aromatic rings. The number of likely N-dealkylation sites (N-methyl/N-ethyl adjacent to an activating group) is 1. The molecule has 5 nitrogen and oxygen atoms in total. The molecule has 1 unspecified atom stereocenters. The topological polar surface area (TPSA) is 52.7 Å². The van der Waals surface area contributed by atoms with Gasteiger partial charge >= 0.3 is 0 Å². The van der Waals surface area contributed by atoms with Gasteiger partial charge in [-0.15, -0.1) is 0 Å². The molecule has 1 fully saturated rings. The molecule has 1 aliphatic rings. The quantitative estimate of drug-likeness (QED) is 0.835. The summed E-state index contributed by atoms with van der Waals surface area (Å²) in [6.45, 7) is 5.70. The molecule has 1 heterocycles. The molecule has 0 aliphatic carbocycles. The number of nitrogens with one attached hydrogen (secondary N) is 1. The van der Waals surface area contributed by atoms with Crippen molar-refractivity contribution in [1.82, 2.24) is 9.80 Å². The maximum absolute atomic E-state index is 13.2. The van der Waals surface area contributed by atoms with Crippen LogP contribution in [0.15, 0.2) is 48.5 Å². The van der Waals surface area contributed by atoms with Gasteiger partial charge in [0.25, 0.3) is 0 Å². The van der Waals surface area contributed by atoms with E-state index in [0.717, 1.165) is 48.3 Å². The van der Waals surface area contributed by atoms with E-state index in [1.165, 1.54) is 0 Å². The van der Waals surface area contributed by atoms with Crippen molar-refractivity contribution in [2.24, 2.45) is 0 Å². The third kappa shape index (κ3) is 4.60. The van der Waals surface area contributed by atoms with E-state index < -0.39 is 6.04 Å². The van der Waals surface area contributed by atoms with E-state index in [1.54, 1.807) is 0 Å². The second-order valence-corrected chi connectivity index (χ2v) is 7.58. The molecule has 0 aromatic heterocycles. The summed E-state index contributed by atoms with van der Waals surface area (Å²) in [6.07, 6.45) is 2.09. The van der Waals surface area contributed by atoms with Crippen molar-refractivity contribution in [3.05, 3.63) is 65.2 Å². The second-order valence-electron chi connectivity index (χ2n) is 7.58. The Hall–Kier alpha value is -2.66. The van der Waals surface area contributed by atoms with Gasteiger partial charge in [-0.25, -0.2) is 0 Å². The number of anilines is 1. The third-order valence-corrected chi connectivity index (χ3v) is 5.35. The van der Waals surface area contributed by atoms with E-state index in [2.05, 4.69) is 5.32 Å². The maximum atomic E-state index is 13.2. The third-order valence-electron chi connectivity index (χ3n) is 5.35. The highest BCUT2D eigenvalue weighted by molar-refractivity contribution is 5.94. The molecule has 1 saturated heterocycles.